The van der Waals surface area contributed by atoms with E-state index >= 15 is 0 Å². The lowest BCUT2D eigenvalue weighted by atomic mass is 9.66. The Balaban J connectivity index is 1.83. The number of rotatable bonds is 8. The van der Waals surface area contributed by atoms with Gasteiger partial charge in [0.25, 0.3) is 5.91 Å². The van der Waals surface area contributed by atoms with Gasteiger partial charge in [0.2, 0.25) is 5.91 Å². The number of esters is 1. The van der Waals surface area contributed by atoms with Crippen LogP contribution in [0.4, 0.5) is 5.69 Å². The molecule has 3 aliphatic rings. The lowest BCUT2D eigenvalue weighted by Gasteiger charge is -2.37. The van der Waals surface area contributed by atoms with Crippen molar-refractivity contribution in [1.29, 1.82) is 0 Å². The van der Waals surface area contributed by atoms with Crippen molar-refractivity contribution in [3.63, 3.8) is 0 Å². The van der Waals surface area contributed by atoms with E-state index in [1.165, 1.54) is 4.90 Å². The lowest BCUT2D eigenvalue weighted by molar-refractivity contribution is -0.159. The van der Waals surface area contributed by atoms with Gasteiger partial charge in [-0.3, -0.25) is 14.4 Å². The van der Waals surface area contributed by atoms with Crippen molar-refractivity contribution in [3.05, 3.63) is 42.0 Å². The summed E-state index contributed by atoms with van der Waals surface area (Å²) < 4.78 is 11.9. The zero-order valence-corrected chi connectivity index (χ0v) is 20.4. The van der Waals surface area contributed by atoms with E-state index in [4.69, 9.17) is 9.47 Å². The second kappa shape index (κ2) is 8.82. The predicted molar refractivity (Wildman–Crippen MR) is 126 cm³/mol. The first-order valence-electron chi connectivity index (χ1n) is 11.9. The molecule has 0 radical (unpaired) electrons. The lowest BCUT2D eigenvalue weighted by Crippen LogP contribution is -2.57. The predicted octanol–water partition coefficient (Wildman–Crippen LogP) is 2.14. The third kappa shape index (κ3) is 3.38. The Hall–Kier alpha value is -2.71. The molecule has 0 aliphatic carbocycles. The molecule has 3 heterocycles. The summed E-state index contributed by atoms with van der Waals surface area (Å²) in [7, 11) is 0. The minimum absolute atomic E-state index is 0.0161. The number of carbonyl (C=O) groups is 3. The molecular formula is C26H34N2O6. The second-order valence-electron chi connectivity index (χ2n) is 9.71. The maximum atomic E-state index is 14.3. The largest absolute Gasteiger partial charge is 0.466 e. The SMILES string of the molecule is C=CCN(C(=O)C1N(CCO)C(=O)[C@@H]2[C@H](C(=O)OCC)[C@]3(C)CCC12O3)c1c(C)cccc1C. The van der Waals surface area contributed by atoms with Crippen molar-refractivity contribution in [2.45, 2.75) is 57.8 Å². The number of benzene rings is 1. The summed E-state index contributed by atoms with van der Waals surface area (Å²) in [5.41, 5.74) is 0.596. The van der Waals surface area contributed by atoms with Gasteiger partial charge in [-0.25, -0.2) is 0 Å². The van der Waals surface area contributed by atoms with Crippen molar-refractivity contribution in [3.8, 4) is 0 Å². The van der Waals surface area contributed by atoms with Crippen molar-refractivity contribution in [1.82, 2.24) is 4.90 Å². The van der Waals surface area contributed by atoms with E-state index in [1.54, 1.807) is 17.9 Å². The number of ether oxygens (including phenoxy) is 2. The van der Waals surface area contributed by atoms with Crippen LogP contribution in [0.5, 0.6) is 0 Å². The van der Waals surface area contributed by atoms with Gasteiger partial charge < -0.3 is 24.4 Å². The van der Waals surface area contributed by atoms with Crippen LogP contribution in [0.25, 0.3) is 0 Å². The first kappa shape index (κ1) is 24.4. The number of amides is 2. The van der Waals surface area contributed by atoms with E-state index < -0.39 is 35.0 Å². The van der Waals surface area contributed by atoms with Gasteiger partial charge in [-0.15, -0.1) is 6.58 Å². The average molecular weight is 471 g/mol. The molecule has 3 fully saturated rings. The van der Waals surface area contributed by atoms with Crippen LogP contribution in [0, 0.1) is 25.7 Å². The molecule has 0 aromatic heterocycles. The Kier molecular flexibility index (Phi) is 6.33. The highest BCUT2D eigenvalue weighted by Crippen LogP contribution is 2.63. The Morgan fingerprint density at radius 2 is 2.00 bits per heavy atom. The van der Waals surface area contributed by atoms with E-state index in [-0.39, 0.29) is 38.1 Å². The number of anilines is 1. The highest BCUT2D eigenvalue weighted by molar-refractivity contribution is 6.05. The first-order valence-corrected chi connectivity index (χ1v) is 11.9. The Morgan fingerprint density at radius 3 is 2.59 bits per heavy atom. The number of fused-ring (bicyclic) bond motifs is 1. The average Bonchev–Trinajstić information content (AvgIpc) is 3.34. The number of aliphatic hydroxyl groups excluding tert-OH is 1. The number of hydrogen-bond donors (Lipinski definition) is 1. The van der Waals surface area contributed by atoms with Crippen LogP contribution in [0.3, 0.4) is 0 Å². The molecule has 2 bridgehead atoms. The van der Waals surface area contributed by atoms with Gasteiger partial charge in [0.1, 0.15) is 17.6 Å². The third-order valence-corrected chi connectivity index (χ3v) is 7.68. The minimum Gasteiger partial charge on any atom is -0.466 e. The van der Waals surface area contributed by atoms with Gasteiger partial charge in [-0.1, -0.05) is 24.3 Å². The molecule has 2 unspecified atom stereocenters. The molecule has 8 heteroatoms. The highest BCUT2D eigenvalue weighted by Gasteiger charge is 2.78. The number of carbonyl (C=O) groups excluding carboxylic acids is 3. The fraction of sp³-hybridized carbons (Fsp3) is 0.577. The van der Waals surface area contributed by atoms with Gasteiger partial charge in [0.05, 0.1) is 24.7 Å². The summed E-state index contributed by atoms with van der Waals surface area (Å²) in [6.45, 7) is 11.4. The van der Waals surface area contributed by atoms with E-state index in [1.807, 2.05) is 39.0 Å². The normalized spacial score (nSPS) is 31.5. The monoisotopic (exact) mass is 470 g/mol. The molecule has 1 N–H and O–H groups in total. The summed E-state index contributed by atoms with van der Waals surface area (Å²) in [4.78, 5) is 44.1. The number of aryl methyl sites for hydroxylation is 2. The van der Waals surface area contributed by atoms with Crippen LogP contribution >= 0.6 is 0 Å². The summed E-state index contributed by atoms with van der Waals surface area (Å²) in [5.74, 6) is -2.72. The highest BCUT2D eigenvalue weighted by atomic mass is 16.6. The van der Waals surface area contributed by atoms with E-state index in [0.29, 0.717) is 12.8 Å². The van der Waals surface area contributed by atoms with Gasteiger partial charge >= 0.3 is 5.97 Å². The maximum absolute atomic E-state index is 14.3. The number of hydrogen-bond acceptors (Lipinski definition) is 6. The number of aliphatic hydroxyl groups is 1. The van der Waals surface area contributed by atoms with Crippen LogP contribution < -0.4 is 4.90 Å². The van der Waals surface area contributed by atoms with Crippen molar-refractivity contribution >= 4 is 23.5 Å². The van der Waals surface area contributed by atoms with Crippen LogP contribution in [-0.4, -0.2) is 71.3 Å². The Bertz CT molecular complexity index is 1000. The van der Waals surface area contributed by atoms with Crippen molar-refractivity contribution in [2.75, 3.05) is 31.2 Å². The zero-order chi connectivity index (χ0) is 24.8. The summed E-state index contributed by atoms with van der Waals surface area (Å²) in [5, 5.41) is 9.76. The molecule has 184 valence electrons. The van der Waals surface area contributed by atoms with Crippen LogP contribution in [-0.2, 0) is 23.9 Å². The van der Waals surface area contributed by atoms with Crippen molar-refractivity contribution in [2.24, 2.45) is 11.8 Å². The number of β-amino-alcohol motifs (C(OH)–C–C–N with tert-alkyl or cyclic N) is 1. The molecule has 3 aliphatic heterocycles. The van der Waals surface area contributed by atoms with Gasteiger partial charge in [-0.2, -0.15) is 0 Å². The zero-order valence-electron chi connectivity index (χ0n) is 20.4. The molecule has 0 saturated carbocycles. The molecule has 1 aromatic carbocycles. The van der Waals surface area contributed by atoms with Gasteiger partial charge in [-0.05, 0) is 51.7 Å². The van der Waals surface area contributed by atoms with E-state index in [9.17, 15) is 19.5 Å². The molecule has 4 rings (SSSR count). The third-order valence-electron chi connectivity index (χ3n) is 7.68. The second-order valence-corrected chi connectivity index (χ2v) is 9.71. The quantitative estimate of drug-likeness (QED) is 0.462. The molecule has 34 heavy (non-hydrogen) atoms. The van der Waals surface area contributed by atoms with Crippen LogP contribution in [0.1, 0.15) is 37.8 Å². The van der Waals surface area contributed by atoms with E-state index in [0.717, 1.165) is 16.8 Å². The molecule has 8 nitrogen and oxygen atoms in total. The summed E-state index contributed by atoms with van der Waals surface area (Å²) >= 11 is 0. The van der Waals surface area contributed by atoms with Gasteiger partial charge in [0, 0.05) is 18.8 Å². The fourth-order valence-electron chi connectivity index (χ4n) is 6.44. The number of likely N-dealkylation sites (tertiary alicyclic amines) is 1. The van der Waals surface area contributed by atoms with Crippen LogP contribution in [0.15, 0.2) is 30.9 Å². The number of nitrogens with zero attached hydrogens (tertiary/aromatic N) is 2. The fourth-order valence-corrected chi connectivity index (χ4v) is 6.44. The standard InChI is InChI=1S/C26H34N2O6/c1-6-13-27(20-16(3)9-8-10-17(20)4)23(31)21-26-12-11-25(5,34-26)19(24(32)33-7-2)18(26)22(30)28(21)14-15-29/h6,8-10,18-19,21,29H,1,7,11-15H2,2-5H3/t18-,19+,21?,25-,26?/m0/s1. The summed E-state index contributed by atoms with van der Waals surface area (Å²) in [6, 6.07) is 4.85. The van der Waals surface area contributed by atoms with Gasteiger partial charge in [0.15, 0.2) is 0 Å². The van der Waals surface area contributed by atoms with Crippen LogP contribution in [0.2, 0.25) is 0 Å². The first-order chi connectivity index (χ1) is 16.2. The molecular weight excluding hydrogens is 436 g/mol. The topological polar surface area (TPSA) is 96.4 Å². The maximum Gasteiger partial charge on any atom is 0.312 e. The van der Waals surface area contributed by atoms with E-state index in [2.05, 4.69) is 6.58 Å². The minimum atomic E-state index is -1.15. The summed E-state index contributed by atoms with van der Waals surface area (Å²) in [6.07, 6.45) is 2.67. The molecule has 5 atom stereocenters. The van der Waals surface area contributed by atoms with Crippen molar-refractivity contribution < 1.29 is 29.0 Å². The molecule has 2 amide bonds. The molecule has 3 saturated heterocycles. The smallest absolute Gasteiger partial charge is 0.312 e. The Morgan fingerprint density at radius 1 is 1.32 bits per heavy atom. The molecule has 1 aromatic rings. The number of para-hydroxylation sites is 1. The molecule has 1 spiro atoms. The Labute approximate surface area is 200 Å².